The molecule has 1 aromatic heterocycles. The second kappa shape index (κ2) is 6.51. The Morgan fingerprint density at radius 2 is 2.10 bits per heavy atom. The Kier molecular flexibility index (Phi) is 4.73. The first-order valence-electron chi connectivity index (χ1n) is 6.18. The molecule has 0 bridgehead atoms. The summed E-state index contributed by atoms with van der Waals surface area (Å²) in [6.07, 6.45) is 0. The molecule has 6 nitrogen and oxygen atoms in total. The number of hydrogen-bond acceptors (Lipinski definition) is 5. The van der Waals surface area contributed by atoms with Gasteiger partial charge in [0.15, 0.2) is 5.69 Å². The number of carbonyl (C=O) groups is 1. The van der Waals surface area contributed by atoms with E-state index < -0.39 is 5.97 Å². The molecule has 0 radical (unpaired) electrons. The van der Waals surface area contributed by atoms with E-state index in [2.05, 4.69) is 31.3 Å². The van der Waals surface area contributed by atoms with Gasteiger partial charge in [-0.2, -0.15) is 10.3 Å². The summed E-state index contributed by atoms with van der Waals surface area (Å²) in [5, 5.41) is 10.3. The summed E-state index contributed by atoms with van der Waals surface area (Å²) in [5.74, 6) is 0.235. The third kappa shape index (κ3) is 2.98. The van der Waals surface area contributed by atoms with Crippen molar-refractivity contribution in [1.82, 2.24) is 15.4 Å². The number of esters is 1. The van der Waals surface area contributed by atoms with Crippen molar-refractivity contribution in [3.05, 3.63) is 28.4 Å². The topological polar surface area (TPSA) is 77.1 Å². The molecule has 0 fully saturated rings. The number of aromatic nitrogens is 3. The highest BCUT2D eigenvalue weighted by Crippen LogP contribution is 2.31. The fourth-order valence-electron chi connectivity index (χ4n) is 1.69. The van der Waals surface area contributed by atoms with E-state index in [1.807, 2.05) is 25.1 Å². The van der Waals surface area contributed by atoms with Crippen molar-refractivity contribution in [3.63, 3.8) is 0 Å². The molecule has 2 aromatic rings. The van der Waals surface area contributed by atoms with Crippen LogP contribution < -0.4 is 4.74 Å². The van der Waals surface area contributed by atoms with E-state index in [0.717, 1.165) is 15.8 Å². The predicted octanol–water partition coefficient (Wildman–Crippen LogP) is 2.81. The number of ether oxygens (including phenoxy) is 2. The minimum atomic E-state index is -0.499. The molecule has 1 aromatic carbocycles. The number of halogens is 1. The van der Waals surface area contributed by atoms with Crippen LogP contribution >= 0.6 is 15.9 Å². The summed E-state index contributed by atoms with van der Waals surface area (Å²) >= 11 is 3.43. The number of nitrogens with zero attached hydrogens (tertiary/aromatic N) is 2. The Labute approximate surface area is 124 Å². The van der Waals surface area contributed by atoms with Crippen LogP contribution in [0.15, 0.2) is 22.7 Å². The molecule has 7 heteroatoms. The largest absolute Gasteiger partial charge is 0.493 e. The van der Waals surface area contributed by atoms with E-state index in [1.54, 1.807) is 6.92 Å². The zero-order valence-electron chi connectivity index (χ0n) is 11.1. The van der Waals surface area contributed by atoms with Gasteiger partial charge in [0.25, 0.3) is 0 Å². The quantitative estimate of drug-likeness (QED) is 0.847. The van der Waals surface area contributed by atoms with E-state index >= 15 is 0 Å². The maximum Gasteiger partial charge on any atom is 0.361 e. The van der Waals surface area contributed by atoms with Crippen molar-refractivity contribution in [2.24, 2.45) is 0 Å². The van der Waals surface area contributed by atoms with Crippen LogP contribution in [0.3, 0.4) is 0 Å². The lowest BCUT2D eigenvalue weighted by molar-refractivity contribution is 0.0520. The zero-order valence-corrected chi connectivity index (χ0v) is 12.7. The summed E-state index contributed by atoms with van der Waals surface area (Å²) in [6, 6.07) is 5.45. The molecule has 0 aliphatic heterocycles. The van der Waals surface area contributed by atoms with Gasteiger partial charge in [-0.15, -0.1) is 5.10 Å². The summed E-state index contributed by atoms with van der Waals surface area (Å²) < 4.78 is 11.2. The van der Waals surface area contributed by atoms with Crippen LogP contribution in [0.4, 0.5) is 0 Å². The Balaban J connectivity index is 2.35. The Morgan fingerprint density at radius 1 is 1.30 bits per heavy atom. The summed E-state index contributed by atoms with van der Waals surface area (Å²) in [4.78, 5) is 11.8. The van der Waals surface area contributed by atoms with E-state index in [4.69, 9.17) is 9.47 Å². The van der Waals surface area contributed by atoms with Gasteiger partial charge in [0.05, 0.1) is 17.7 Å². The molecule has 0 amide bonds. The summed E-state index contributed by atoms with van der Waals surface area (Å²) in [5.41, 5.74) is 1.37. The van der Waals surface area contributed by atoms with Gasteiger partial charge in [-0.1, -0.05) is 0 Å². The highest BCUT2D eigenvalue weighted by Gasteiger charge is 2.19. The minimum absolute atomic E-state index is 0.169. The molecular weight excluding hydrogens is 326 g/mol. The number of rotatable bonds is 5. The van der Waals surface area contributed by atoms with Crippen molar-refractivity contribution < 1.29 is 14.3 Å². The van der Waals surface area contributed by atoms with Gasteiger partial charge in [-0.3, -0.25) is 0 Å². The molecule has 0 atom stereocenters. The smallest absolute Gasteiger partial charge is 0.361 e. The van der Waals surface area contributed by atoms with Crippen LogP contribution in [0, 0.1) is 0 Å². The number of aromatic amines is 1. The molecular formula is C13H14BrN3O3. The van der Waals surface area contributed by atoms with Gasteiger partial charge >= 0.3 is 5.97 Å². The van der Waals surface area contributed by atoms with Crippen LogP contribution in [-0.2, 0) is 4.74 Å². The van der Waals surface area contributed by atoms with Crippen LogP contribution in [0.25, 0.3) is 11.3 Å². The van der Waals surface area contributed by atoms with Crippen molar-refractivity contribution in [3.8, 4) is 17.0 Å². The normalized spacial score (nSPS) is 10.3. The first-order chi connectivity index (χ1) is 9.67. The highest BCUT2D eigenvalue weighted by molar-refractivity contribution is 9.10. The maximum absolute atomic E-state index is 11.8. The second-order valence-electron chi connectivity index (χ2n) is 3.82. The number of H-pyrrole nitrogens is 1. The first-order valence-corrected chi connectivity index (χ1v) is 6.97. The Bertz CT molecular complexity index is 613. The van der Waals surface area contributed by atoms with Gasteiger partial charge < -0.3 is 9.47 Å². The van der Waals surface area contributed by atoms with E-state index in [1.165, 1.54) is 0 Å². The fraction of sp³-hybridized carbons (Fsp3) is 0.308. The molecule has 0 saturated heterocycles. The van der Waals surface area contributed by atoms with Crippen LogP contribution in [0.2, 0.25) is 0 Å². The van der Waals surface area contributed by atoms with Gasteiger partial charge in [0.2, 0.25) is 0 Å². The molecule has 0 aliphatic carbocycles. The van der Waals surface area contributed by atoms with Gasteiger partial charge in [0, 0.05) is 5.56 Å². The standard InChI is InChI=1S/C13H14BrN3O3/c1-3-19-10-6-5-8(7-9(10)14)11-12(16-17-15-11)13(18)20-4-2/h5-7H,3-4H2,1-2H3,(H,15,16,17). The Morgan fingerprint density at radius 3 is 2.75 bits per heavy atom. The third-order valence-corrected chi connectivity index (χ3v) is 3.14. The average Bonchev–Trinajstić information content (AvgIpc) is 2.91. The lowest BCUT2D eigenvalue weighted by Gasteiger charge is -2.07. The molecule has 0 unspecified atom stereocenters. The van der Waals surface area contributed by atoms with Crippen LogP contribution in [0.5, 0.6) is 5.75 Å². The van der Waals surface area contributed by atoms with Crippen molar-refractivity contribution in [1.29, 1.82) is 0 Å². The predicted molar refractivity (Wildman–Crippen MR) is 76.6 cm³/mol. The summed E-state index contributed by atoms with van der Waals surface area (Å²) in [6.45, 7) is 4.52. The maximum atomic E-state index is 11.8. The van der Waals surface area contributed by atoms with Gasteiger partial charge in [0.1, 0.15) is 11.4 Å². The number of hydrogen-bond donors (Lipinski definition) is 1. The third-order valence-electron chi connectivity index (χ3n) is 2.52. The lowest BCUT2D eigenvalue weighted by Crippen LogP contribution is -2.06. The monoisotopic (exact) mass is 339 g/mol. The summed E-state index contributed by atoms with van der Waals surface area (Å²) in [7, 11) is 0. The van der Waals surface area contributed by atoms with Crippen molar-refractivity contribution >= 4 is 21.9 Å². The fourth-order valence-corrected chi connectivity index (χ4v) is 2.19. The highest BCUT2D eigenvalue weighted by atomic mass is 79.9. The second-order valence-corrected chi connectivity index (χ2v) is 4.67. The number of nitrogens with one attached hydrogen (secondary N) is 1. The SMILES string of the molecule is CCOC(=O)c1n[nH]nc1-c1ccc(OCC)c(Br)c1. The van der Waals surface area contributed by atoms with E-state index in [0.29, 0.717) is 12.3 Å². The van der Waals surface area contributed by atoms with Crippen LogP contribution in [0.1, 0.15) is 24.3 Å². The minimum Gasteiger partial charge on any atom is -0.493 e. The molecule has 106 valence electrons. The van der Waals surface area contributed by atoms with Gasteiger partial charge in [-0.25, -0.2) is 4.79 Å². The molecule has 20 heavy (non-hydrogen) atoms. The lowest BCUT2D eigenvalue weighted by atomic mass is 10.1. The van der Waals surface area contributed by atoms with Gasteiger partial charge in [-0.05, 0) is 48.0 Å². The van der Waals surface area contributed by atoms with Crippen LogP contribution in [-0.4, -0.2) is 34.6 Å². The van der Waals surface area contributed by atoms with E-state index in [-0.39, 0.29) is 12.3 Å². The van der Waals surface area contributed by atoms with E-state index in [9.17, 15) is 4.79 Å². The zero-order chi connectivity index (χ0) is 14.5. The molecule has 0 spiro atoms. The van der Waals surface area contributed by atoms with Crippen molar-refractivity contribution in [2.75, 3.05) is 13.2 Å². The molecule has 2 rings (SSSR count). The average molecular weight is 340 g/mol. The number of benzene rings is 1. The molecule has 0 saturated carbocycles. The number of carbonyl (C=O) groups excluding carboxylic acids is 1. The molecule has 0 aliphatic rings. The van der Waals surface area contributed by atoms with Crippen molar-refractivity contribution in [2.45, 2.75) is 13.8 Å². The molecule has 1 heterocycles. The Hall–Kier alpha value is -1.89. The first kappa shape index (κ1) is 14.5. The molecule has 1 N–H and O–H groups in total.